The van der Waals surface area contributed by atoms with E-state index >= 15 is 0 Å². The predicted molar refractivity (Wildman–Crippen MR) is 99.2 cm³/mol. The Hall–Kier alpha value is -2.83. The summed E-state index contributed by atoms with van der Waals surface area (Å²) in [6.07, 6.45) is -0.509. The highest BCUT2D eigenvalue weighted by Crippen LogP contribution is 2.44. The molecule has 1 aliphatic rings. The molecule has 0 spiro atoms. The number of aromatic nitrogens is 1. The molecule has 0 radical (unpaired) electrons. The fraction of sp³-hybridized carbons (Fsp3) is 0.588. The van der Waals surface area contributed by atoms with Gasteiger partial charge in [0.2, 0.25) is 11.8 Å². The predicted octanol–water partition coefficient (Wildman–Crippen LogP) is 0.786. The maximum Gasteiger partial charge on any atom is 0.291 e. The summed E-state index contributed by atoms with van der Waals surface area (Å²) in [6.45, 7) is 0.997. The minimum atomic E-state index is -2.86. The molecule has 2 atom stereocenters. The first-order valence-corrected chi connectivity index (χ1v) is 9.60. The van der Waals surface area contributed by atoms with Crippen LogP contribution in [0.5, 0.6) is 0 Å². The molecule has 1 heterocycles. The van der Waals surface area contributed by atoms with Gasteiger partial charge in [-0.25, -0.2) is 23.2 Å². The van der Waals surface area contributed by atoms with E-state index in [4.69, 9.17) is 21.8 Å². The maximum absolute atomic E-state index is 13.2. The summed E-state index contributed by atoms with van der Waals surface area (Å²) in [5.41, 5.74) is 4.38. The molecule has 10 nitrogen and oxygen atoms in total. The number of primary amides is 1. The lowest BCUT2D eigenvalue weighted by atomic mass is 9.77. The van der Waals surface area contributed by atoms with Crippen LogP contribution in [0, 0.1) is 12.8 Å². The van der Waals surface area contributed by atoms with Gasteiger partial charge in [0.05, 0.1) is 6.54 Å². The molecule has 0 bridgehead atoms. The number of halogens is 4. The Morgan fingerprint density at radius 1 is 1.39 bits per heavy atom. The quantitative estimate of drug-likeness (QED) is 0.361. The lowest BCUT2D eigenvalue weighted by Crippen LogP contribution is -2.56. The van der Waals surface area contributed by atoms with Crippen molar-refractivity contribution < 1.29 is 36.8 Å². The molecule has 4 N–H and O–H groups in total. The first kappa shape index (κ1) is 24.4. The standard InChI is InChI=1S/C17H21ClF3N5O5/c1-8-23-11(7-31-8)14(28)24-10(4-9-5-17(20,21)6-9)15(29)25-26(3-2-12(22)27)16(30)13(18)19/h7,9-10,13H,2-6H2,1H3,(H2,22,27)(H,24,28)(H,25,29). The Morgan fingerprint density at radius 2 is 2.03 bits per heavy atom. The van der Waals surface area contributed by atoms with Crippen LogP contribution in [0.1, 0.15) is 42.1 Å². The summed E-state index contributed by atoms with van der Waals surface area (Å²) in [7, 11) is 0. The maximum atomic E-state index is 13.2. The molecule has 2 rings (SSSR count). The second-order valence-electron chi connectivity index (χ2n) is 7.13. The normalized spacial score (nSPS) is 17.2. The minimum Gasteiger partial charge on any atom is -0.448 e. The van der Waals surface area contributed by atoms with Gasteiger partial charge in [-0.15, -0.1) is 0 Å². The van der Waals surface area contributed by atoms with Crippen molar-refractivity contribution in [2.45, 2.75) is 50.2 Å². The van der Waals surface area contributed by atoms with Crippen LogP contribution in [-0.4, -0.2) is 57.8 Å². The Labute approximate surface area is 179 Å². The van der Waals surface area contributed by atoms with E-state index in [-0.39, 0.29) is 18.0 Å². The molecule has 0 aliphatic heterocycles. The van der Waals surface area contributed by atoms with Gasteiger partial charge in [0.15, 0.2) is 11.6 Å². The number of carbonyl (C=O) groups is 4. The number of oxazole rings is 1. The van der Waals surface area contributed by atoms with Crippen LogP contribution in [-0.2, 0) is 14.4 Å². The highest BCUT2D eigenvalue weighted by atomic mass is 35.5. The van der Waals surface area contributed by atoms with Gasteiger partial charge in [-0.2, -0.15) is 0 Å². The second kappa shape index (κ2) is 9.98. The molecule has 1 aliphatic carbocycles. The van der Waals surface area contributed by atoms with Crippen molar-refractivity contribution in [3.8, 4) is 0 Å². The Kier molecular flexibility index (Phi) is 7.87. The van der Waals surface area contributed by atoms with E-state index in [9.17, 15) is 32.3 Å². The van der Waals surface area contributed by atoms with Crippen molar-refractivity contribution in [3.63, 3.8) is 0 Å². The van der Waals surface area contributed by atoms with E-state index in [2.05, 4.69) is 15.7 Å². The monoisotopic (exact) mass is 467 g/mol. The number of hydrazine groups is 1. The summed E-state index contributed by atoms with van der Waals surface area (Å²) in [6, 6.07) is -1.37. The highest BCUT2D eigenvalue weighted by molar-refractivity contribution is 6.29. The van der Waals surface area contributed by atoms with Gasteiger partial charge in [-0.05, 0) is 12.3 Å². The topological polar surface area (TPSA) is 148 Å². The minimum absolute atomic E-state index is 0.152. The van der Waals surface area contributed by atoms with Gasteiger partial charge < -0.3 is 15.5 Å². The largest absolute Gasteiger partial charge is 0.448 e. The van der Waals surface area contributed by atoms with Crippen molar-refractivity contribution in [1.82, 2.24) is 20.7 Å². The van der Waals surface area contributed by atoms with Crippen molar-refractivity contribution in [3.05, 3.63) is 17.8 Å². The Morgan fingerprint density at radius 3 is 2.52 bits per heavy atom. The number of rotatable bonds is 9. The number of aryl methyl sites for hydroxylation is 1. The van der Waals surface area contributed by atoms with Gasteiger partial charge in [0.1, 0.15) is 12.3 Å². The number of nitrogens with zero attached hydrogens (tertiary/aromatic N) is 2. The Bertz CT molecular complexity index is 842. The number of nitrogens with two attached hydrogens (primary N) is 1. The summed E-state index contributed by atoms with van der Waals surface area (Å²) in [5, 5.41) is 2.78. The second-order valence-corrected chi connectivity index (χ2v) is 7.51. The van der Waals surface area contributed by atoms with Gasteiger partial charge in [0, 0.05) is 26.2 Å². The van der Waals surface area contributed by atoms with E-state index in [0.29, 0.717) is 5.01 Å². The smallest absolute Gasteiger partial charge is 0.291 e. The van der Waals surface area contributed by atoms with E-state index in [1.54, 1.807) is 0 Å². The van der Waals surface area contributed by atoms with Gasteiger partial charge in [-0.3, -0.25) is 24.6 Å². The number of carbonyl (C=O) groups excluding carboxylic acids is 4. The zero-order chi connectivity index (χ0) is 23.3. The fourth-order valence-corrected chi connectivity index (χ4v) is 3.11. The zero-order valence-electron chi connectivity index (χ0n) is 16.4. The van der Waals surface area contributed by atoms with Crippen molar-refractivity contribution >= 4 is 35.2 Å². The number of hydrogen-bond donors (Lipinski definition) is 3. The van der Waals surface area contributed by atoms with Crippen LogP contribution < -0.4 is 16.5 Å². The molecule has 2 unspecified atom stereocenters. The number of hydrogen-bond acceptors (Lipinski definition) is 6. The van der Waals surface area contributed by atoms with Crippen LogP contribution in [0.4, 0.5) is 13.2 Å². The number of amides is 4. The SMILES string of the molecule is Cc1nc(C(=O)NC(CC2CC(F)(F)C2)C(=O)NN(CCC(N)=O)C(=O)C(F)Cl)co1. The molecular formula is C17H21ClF3N5O5. The van der Waals surface area contributed by atoms with Gasteiger partial charge in [0.25, 0.3) is 23.4 Å². The third-order valence-corrected chi connectivity index (χ3v) is 4.68. The first-order chi connectivity index (χ1) is 14.4. The average molecular weight is 468 g/mol. The average Bonchev–Trinajstić information content (AvgIpc) is 3.08. The third-order valence-electron chi connectivity index (χ3n) is 4.50. The summed E-state index contributed by atoms with van der Waals surface area (Å²) in [4.78, 5) is 51.7. The van der Waals surface area contributed by atoms with E-state index in [0.717, 1.165) is 6.26 Å². The molecule has 31 heavy (non-hydrogen) atoms. The summed E-state index contributed by atoms with van der Waals surface area (Å²) in [5.74, 6) is -7.28. The van der Waals surface area contributed by atoms with Crippen molar-refractivity contribution in [2.75, 3.05) is 6.54 Å². The van der Waals surface area contributed by atoms with Gasteiger partial charge >= 0.3 is 0 Å². The summed E-state index contributed by atoms with van der Waals surface area (Å²) >= 11 is 5.12. The lowest BCUT2D eigenvalue weighted by molar-refractivity contribution is -0.145. The van der Waals surface area contributed by atoms with Gasteiger partial charge in [-0.1, -0.05) is 11.6 Å². The molecule has 0 aromatic carbocycles. The highest BCUT2D eigenvalue weighted by Gasteiger charge is 2.46. The molecule has 1 aromatic rings. The molecule has 1 aromatic heterocycles. The molecule has 0 saturated heterocycles. The van der Waals surface area contributed by atoms with E-state index in [1.807, 2.05) is 0 Å². The summed E-state index contributed by atoms with van der Waals surface area (Å²) < 4.78 is 44.5. The van der Waals surface area contributed by atoms with E-state index < -0.39 is 72.9 Å². The molecule has 172 valence electrons. The van der Waals surface area contributed by atoms with Crippen LogP contribution in [0.2, 0.25) is 0 Å². The molecule has 1 fully saturated rings. The van der Waals surface area contributed by atoms with Crippen molar-refractivity contribution in [1.29, 1.82) is 0 Å². The fourth-order valence-electron chi connectivity index (χ4n) is 2.99. The molecular weight excluding hydrogens is 447 g/mol. The first-order valence-electron chi connectivity index (χ1n) is 9.17. The molecule has 14 heteroatoms. The third kappa shape index (κ3) is 7.12. The Balaban J connectivity index is 2.13. The van der Waals surface area contributed by atoms with Crippen LogP contribution >= 0.6 is 11.6 Å². The van der Waals surface area contributed by atoms with Crippen LogP contribution in [0.15, 0.2) is 10.7 Å². The molecule has 4 amide bonds. The zero-order valence-corrected chi connectivity index (χ0v) is 17.1. The van der Waals surface area contributed by atoms with E-state index in [1.165, 1.54) is 6.92 Å². The number of alkyl halides is 4. The van der Waals surface area contributed by atoms with Crippen LogP contribution in [0.25, 0.3) is 0 Å². The lowest BCUT2D eigenvalue weighted by Gasteiger charge is -2.37. The molecule has 1 saturated carbocycles. The van der Waals surface area contributed by atoms with Crippen molar-refractivity contribution in [2.24, 2.45) is 11.7 Å². The van der Waals surface area contributed by atoms with Crippen LogP contribution in [0.3, 0.4) is 0 Å². The number of nitrogens with one attached hydrogen (secondary N) is 2.